The van der Waals surface area contributed by atoms with Gasteiger partial charge in [-0.15, -0.1) is 0 Å². The third-order valence-electron chi connectivity index (χ3n) is 2.47. The molecule has 1 heterocycles. The zero-order valence-corrected chi connectivity index (χ0v) is 12.6. The largest absolute Gasteiger partial charge is 0.374 e. The minimum absolute atomic E-state index is 0.348. The number of anilines is 3. The molecular weight excluding hydrogens is 322 g/mol. The quantitative estimate of drug-likeness (QED) is 0.555. The maximum Gasteiger partial charge on any atom is 0.158 e. The second-order valence-corrected chi connectivity index (χ2v) is 4.88. The summed E-state index contributed by atoms with van der Waals surface area (Å²) in [6, 6.07) is 9.53. The van der Waals surface area contributed by atoms with Crippen molar-refractivity contribution < 1.29 is 4.74 Å². The van der Waals surface area contributed by atoms with E-state index in [-0.39, 0.29) is 0 Å². The molecule has 0 spiro atoms. The van der Waals surface area contributed by atoms with Crippen molar-refractivity contribution in [3.8, 4) is 0 Å². The monoisotopic (exact) mass is 337 g/mol. The summed E-state index contributed by atoms with van der Waals surface area (Å²) in [5.74, 6) is 7.18. The van der Waals surface area contributed by atoms with Crippen LogP contribution in [-0.2, 0) is 11.3 Å². The lowest BCUT2D eigenvalue weighted by molar-refractivity contribution is 0.128. The highest BCUT2D eigenvalue weighted by molar-refractivity contribution is 9.10. The van der Waals surface area contributed by atoms with E-state index in [1.54, 1.807) is 6.07 Å². The Balaban J connectivity index is 2.19. The van der Waals surface area contributed by atoms with Crippen LogP contribution in [0.25, 0.3) is 0 Å². The van der Waals surface area contributed by atoms with E-state index in [4.69, 9.17) is 10.6 Å². The van der Waals surface area contributed by atoms with Crippen molar-refractivity contribution in [3.63, 3.8) is 0 Å². The van der Waals surface area contributed by atoms with Crippen molar-refractivity contribution in [3.05, 3.63) is 40.6 Å². The van der Waals surface area contributed by atoms with Crippen LogP contribution in [0, 0.1) is 0 Å². The van der Waals surface area contributed by atoms with Crippen LogP contribution in [-0.4, -0.2) is 16.6 Å². The average molecular weight is 338 g/mol. The van der Waals surface area contributed by atoms with Gasteiger partial charge in [0.25, 0.3) is 0 Å². The second kappa shape index (κ2) is 7.18. The smallest absolute Gasteiger partial charge is 0.158 e. The molecule has 106 valence electrons. The number of nitrogens with zero attached hydrogens (tertiary/aromatic N) is 2. The number of ether oxygens (including phenoxy) is 1. The molecule has 0 bridgehead atoms. The number of hydrogen-bond donors (Lipinski definition) is 3. The van der Waals surface area contributed by atoms with Gasteiger partial charge in [-0.05, 0) is 31.2 Å². The highest BCUT2D eigenvalue weighted by Crippen LogP contribution is 2.19. The number of nitrogens with one attached hydrogen (secondary N) is 2. The number of benzene rings is 1. The number of nitrogens with two attached hydrogens (primary N) is 1. The maximum atomic E-state index is 5.41. The van der Waals surface area contributed by atoms with Gasteiger partial charge in [0.05, 0.1) is 0 Å². The third kappa shape index (κ3) is 4.16. The molecule has 1 aromatic carbocycles. The van der Waals surface area contributed by atoms with Crippen molar-refractivity contribution in [1.29, 1.82) is 0 Å². The lowest BCUT2D eigenvalue weighted by Gasteiger charge is -2.10. The fourth-order valence-corrected chi connectivity index (χ4v) is 1.84. The van der Waals surface area contributed by atoms with Crippen LogP contribution in [0.2, 0.25) is 0 Å². The van der Waals surface area contributed by atoms with E-state index >= 15 is 0 Å². The van der Waals surface area contributed by atoms with Crippen LogP contribution < -0.4 is 16.6 Å². The molecule has 7 heteroatoms. The topological polar surface area (TPSA) is 85.1 Å². The first-order chi connectivity index (χ1) is 9.71. The molecule has 0 saturated carbocycles. The van der Waals surface area contributed by atoms with E-state index in [1.807, 2.05) is 31.2 Å². The summed E-state index contributed by atoms with van der Waals surface area (Å²) >= 11 is 3.40. The fourth-order valence-electron chi connectivity index (χ4n) is 1.57. The van der Waals surface area contributed by atoms with E-state index in [1.165, 1.54) is 0 Å². The van der Waals surface area contributed by atoms with Gasteiger partial charge in [0.1, 0.15) is 18.2 Å². The minimum Gasteiger partial charge on any atom is -0.374 e. The SMILES string of the molecule is CCOCc1nc(NN)cc(Nc2ccc(Br)cc2)n1. The van der Waals surface area contributed by atoms with Gasteiger partial charge in [0.15, 0.2) is 5.82 Å². The molecule has 2 rings (SSSR count). The van der Waals surface area contributed by atoms with Crippen molar-refractivity contribution in [1.82, 2.24) is 9.97 Å². The first-order valence-corrected chi connectivity index (χ1v) is 6.95. The number of rotatable bonds is 6. The number of nitrogen functional groups attached to an aromatic ring is 1. The zero-order valence-electron chi connectivity index (χ0n) is 11.1. The van der Waals surface area contributed by atoms with Crippen LogP contribution in [0.3, 0.4) is 0 Å². The van der Waals surface area contributed by atoms with Crippen LogP contribution >= 0.6 is 15.9 Å². The molecule has 20 heavy (non-hydrogen) atoms. The predicted octanol–water partition coefficient (Wildman–Crippen LogP) is 2.80. The highest BCUT2D eigenvalue weighted by Gasteiger charge is 2.05. The van der Waals surface area contributed by atoms with Gasteiger partial charge in [-0.3, -0.25) is 0 Å². The van der Waals surface area contributed by atoms with Crippen LogP contribution in [0.5, 0.6) is 0 Å². The number of hydrogen-bond acceptors (Lipinski definition) is 6. The van der Waals surface area contributed by atoms with Crippen LogP contribution in [0.1, 0.15) is 12.7 Å². The Morgan fingerprint density at radius 1 is 1.20 bits per heavy atom. The van der Waals surface area contributed by atoms with Gasteiger partial charge in [-0.2, -0.15) is 0 Å². The van der Waals surface area contributed by atoms with Gasteiger partial charge in [0.2, 0.25) is 0 Å². The third-order valence-corrected chi connectivity index (χ3v) is 3.00. The van der Waals surface area contributed by atoms with Gasteiger partial charge in [0, 0.05) is 22.8 Å². The molecule has 2 aromatic rings. The van der Waals surface area contributed by atoms with Gasteiger partial charge in [-0.1, -0.05) is 15.9 Å². The van der Waals surface area contributed by atoms with Gasteiger partial charge < -0.3 is 15.5 Å². The lowest BCUT2D eigenvalue weighted by Crippen LogP contribution is -2.12. The summed E-state index contributed by atoms with van der Waals surface area (Å²) in [6.07, 6.45) is 0. The van der Waals surface area contributed by atoms with Gasteiger partial charge >= 0.3 is 0 Å². The summed E-state index contributed by atoms with van der Waals surface area (Å²) in [5.41, 5.74) is 3.45. The zero-order chi connectivity index (χ0) is 14.4. The first kappa shape index (κ1) is 14.7. The summed E-state index contributed by atoms with van der Waals surface area (Å²) in [6.45, 7) is 2.88. The van der Waals surface area contributed by atoms with Crippen LogP contribution in [0.4, 0.5) is 17.3 Å². The Morgan fingerprint density at radius 3 is 2.55 bits per heavy atom. The second-order valence-electron chi connectivity index (χ2n) is 3.97. The predicted molar refractivity (Wildman–Crippen MR) is 82.6 cm³/mol. The molecule has 0 aliphatic rings. The molecule has 0 unspecified atom stereocenters. The molecule has 0 aliphatic heterocycles. The van der Waals surface area contributed by atoms with Gasteiger partial charge in [-0.25, -0.2) is 15.8 Å². The number of hydrazine groups is 1. The Bertz CT molecular complexity index is 561. The lowest BCUT2D eigenvalue weighted by atomic mass is 10.3. The van der Waals surface area contributed by atoms with Crippen LogP contribution in [0.15, 0.2) is 34.8 Å². The summed E-state index contributed by atoms with van der Waals surface area (Å²) < 4.78 is 6.33. The Kier molecular flexibility index (Phi) is 5.28. The molecular formula is C13H16BrN5O. The standard InChI is InChI=1S/C13H16BrN5O/c1-2-20-8-13-17-11(7-12(18-13)19-15)16-10-5-3-9(14)4-6-10/h3-7H,2,8,15H2,1H3,(H2,16,17,18,19). The van der Waals surface area contributed by atoms with Crippen molar-refractivity contribution in [2.75, 3.05) is 17.3 Å². The molecule has 4 N–H and O–H groups in total. The van der Waals surface area contributed by atoms with E-state index in [0.29, 0.717) is 30.7 Å². The Labute approximate surface area is 125 Å². The average Bonchev–Trinajstić information content (AvgIpc) is 2.47. The molecule has 0 aliphatic carbocycles. The molecule has 6 nitrogen and oxygen atoms in total. The molecule has 0 fully saturated rings. The maximum absolute atomic E-state index is 5.41. The molecule has 0 atom stereocenters. The molecule has 0 amide bonds. The minimum atomic E-state index is 0.348. The van der Waals surface area contributed by atoms with Crippen molar-refractivity contribution in [2.24, 2.45) is 5.84 Å². The van der Waals surface area contributed by atoms with E-state index in [9.17, 15) is 0 Å². The summed E-state index contributed by atoms with van der Waals surface area (Å²) in [4.78, 5) is 8.61. The fraction of sp³-hybridized carbons (Fsp3) is 0.231. The number of halogens is 1. The normalized spacial score (nSPS) is 10.3. The number of aromatic nitrogens is 2. The van der Waals surface area contributed by atoms with E-state index < -0.39 is 0 Å². The Hall–Kier alpha value is -1.70. The molecule has 0 saturated heterocycles. The molecule has 0 radical (unpaired) electrons. The van der Waals surface area contributed by atoms with E-state index in [2.05, 4.69) is 36.6 Å². The highest BCUT2D eigenvalue weighted by atomic mass is 79.9. The summed E-state index contributed by atoms with van der Waals surface area (Å²) in [5, 5.41) is 3.20. The summed E-state index contributed by atoms with van der Waals surface area (Å²) in [7, 11) is 0. The van der Waals surface area contributed by atoms with Crippen molar-refractivity contribution >= 4 is 33.3 Å². The van der Waals surface area contributed by atoms with Crippen molar-refractivity contribution in [2.45, 2.75) is 13.5 Å². The molecule has 1 aromatic heterocycles. The first-order valence-electron chi connectivity index (χ1n) is 6.16. The Morgan fingerprint density at radius 2 is 1.90 bits per heavy atom. The van der Waals surface area contributed by atoms with E-state index in [0.717, 1.165) is 10.2 Å².